The van der Waals surface area contributed by atoms with Gasteiger partial charge in [0.2, 0.25) is 0 Å². The van der Waals surface area contributed by atoms with Crippen LogP contribution in [-0.2, 0) is 6.54 Å². The quantitative estimate of drug-likeness (QED) is 0.642. The number of likely N-dealkylation sites (tertiary alicyclic amines) is 1. The first-order valence-corrected chi connectivity index (χ1v) is 12.4. The minimum Gasteiger partial charge on any atom is -0.349 e. The molecule has 7 nitrogen and oxygen atoms in total. The molecule has 3 aromatic rings. The standard InChI is InChI=1S/C27H34N6O/c1-20-18-33(21(2)17-32(20)26-16-28-24-10-6-7-11-25(24)30-26)27(34)29-23-12-14-31(15-13-23)19-22-8-4-3-5-9-22/h3-11,16,20-21,23H,12-15,17-19H2,1-2H3,(H,29,34)/t20-,21+/m0/s1. The molecule has 2 aliphatic heterocycles. The lowest BCUT2D eigenvalue weighted by molar-refractivity contribution is 0.145. The molecule has 7 heteroatoms. The van der Waals surface area contributed by atoms with Gasteiger partial charge in [-0.1, -0.05) is 42.5 Å². The number of hydrogen-bond acceptors (Lipinski definition) is 5. The molecule has 1 aromatic heterocycles. The number of carbonyl (C=O) groups excluding carboxylic acids is 1. The van der Waals surface area contributed by atoms with E-state index in [1.807, 2.05) is 35.4 Å². The van der Waals surface area contributed by atoms with Gasteiger partial charge in [0, 0.05) is 50.8 Å². The van der Waals surface area contributed by atoms with E-state index in [0.717, 1.165) is 55.9 Å². The van der Waals surface area contributed by atoms with E-state index in [-0.39, 0.29) is 24.2 Å². The molecule has 2 amide bonds. The Labute approximate surface area is 201 Å². The smallest absolute Gasteiger partial charge is 0.317 e. The Balaban J connectivity index is 1.15. The molecule has 0 aliphatic carbocycles. The van der Waals surface area contributed by atoms with Crippen molar-refractivity contribution in [2.45, 2.75) is 51.4 Å². The van der Waals surface area contributed by atoms with Gasteiger partial charge >= 0.3 is 6.03 Å². The topological polar surface area (TPSA) is 64.6 Å². The number of carbonyl (C=O) groups is 1. The maximum atomic E-state index is 13.2. The van der Waals surface area contributed by atoms with E-state index in [4.69, 9.17) is 4.98 Å². The number of anilines is 1. The highest BCUT2D eigenvalue weighted by atomic mass is 16.2. The normalized spacial score (nSPS) is 22.2. The highest BCUT2D eigenvalue weighted by Crippen LogP contribution is 2.23. The van der Waals surface area contributed by atoms with Crippen molar-refractivity contribution >= 4 is 22.9 Å². The number of urea groups is 1. The van der Waals surface area contributed by atoms with Crippen LogP contribution in [0.15, 0.2) is 60.8 Å². The molecule has 0 unspecified atom stereocenters. The lowest BCUT2D eigenvalue weighted by atomic mass is 10.0. The molecule has 3 heterocycles. The second-order valence-corrected chi connectivity index (χ2v) is 9.71. The summed E-state index contributed by atoms with van der Waals surface area (Å²) in [5, 5.41) is 3.32. The van der Waals surface area contributed by atoms with Crippen LogP contribution in [0.2, 0.25) is 0 Å². The van der Waals surface area contributed by atoms with Gasteiger partial charge in [-0.25, -0.2) is 9.78 Å². The Morgan fingerprint density at radius 1 is 0.941 bits per heavy atom. The van der Waals surface area contributed by atoms with Crippen LogP contribution in [0.5, 0.6) is 0 Å². The van der Waals surface area contributed by atoms with Gasteiger partial charge in [0.15, 0.2) is 0 Å². The predicted octanol–water partition coefficient (Wildman–Crippen LogP) is 3.90. The van der Waals surface area contributed by atoms with Crippen LogP contribution in [0.3, 0.4) is 0 Å². The van der Waals surface area contributed by atoms with E-state index < -0.39 is 0 Å². The second-order valence-electron chi connectivity index (χ2n) is 9.71. The summed E-state index contributed by atoms with van der Waals surface area (Å²) in [4.78, 5) is 29.3. The van der Waals surface area contributed by atoms with Crippen molar-refractivity contribution in [2.75, 3.05) is 31.1 Å². The zero-order valence-corrected chi connectivity index (χ0v) is 20.1. The van der Waals surface area contributed by atoms with Crippen molar-refractivity contribution in [1.29, 1.82) is 0 Å². The van der Waals surface area contributed by atoms with Crippen molar-refractivity contribution in [1.82, 2.24) is 25.1 Å². The van der Waals surface area contributed by atoms with E-state index in [1.165, 1.54) is 5.56 Å². The van der Waals surface area contributed by atoms with Crippen molar-refractivity contribution in [3.8, 4) is 0 Å². The largest absolute Gasteiger partial charge is 0.349 e. The van der Waals surface area contributed by atoms with Gasteiger partial charge in [0.1, 0.15) is 5.82 Å². The maximum Gasteiger partial charge on any atom is 0.317 e. The van der Waals surface area contributed by atoms with E-state index in [0.29, 0.717) is 6.54 Å². The van der Waals surface area contributed by atoms with Crippen LogP contribution in [-0.4, -0.2) is 70.1 Å². The van der Waals surface area contributed by atoms with E-state index in [9.17, 15) is 4.79 Å². The predicted molar refractivity (Wildman–Crippen MR) is 136 cm³/mol. The van der Waals surface area contributed by atoms with Gasteiger partial charge in [-0.3, -0.25) is 9.88 Å². The van der Waals surface area contributed by atoms with Crippen LogP contribution in [0, 0.1) is 0 Å². The number of piperidine rings is 1. The molecular formula is C27H34N6O. The Morgan fingerprint density at radius 3 is 2.41 bits per heavy atom. The first kappa shape index (κ1) is 22.6. The van der Waals surface area contributed by atoms with Gasteiger partial charge in [-0.05, 0) is 44.4 Å². The average Bonchev–Trinajstić information content (AvgIpc) is 2.86. The highest BCUT2D eigenvalue weighted by Gasteiger charge is 2.34. The molecule has 2 aliphatic rings. The first-order chi connectivity index (χ1) is 16.6. The molecule has 0 spiro atoms. The van der Waals surface area contributed by atoms with Crippen molar-refractivity contribution in [3.63, 3.8) is 0 Å². The molecular weight excluding hydrogens is 424 g/mol. The molecule has 34 heavy (non-hydrogen) atoms. The van der Waals surface area contributed by atoms with Crippen LogP contribution >= 0.6 is 0 Å². The Kier molecular flexibility index (Phi) is 6.63. The number of para-hydroxylation sites is 2. The highest BCUT2D eigenvalue weighted by molar-refractivity contribution is 5.76. The number of hydrogen-bond donors (Lipinski definition) is 1. The second kappa shape index (κ2) is 9.97. The summed E-state index contributed by atoms with van der Waals surface area (Å²) in [7, 11) is 0. The summed E-state index contributed by atoms with van der Waals surface area (Å²) < 4.78 is 0. The number of benzene rings is 2. The number of piperazine rings is 1. The summed E-state index contributed by atoms with van der Waals surface area (Å²) in [5.74, 6) is 0.879. The Hall–Kier alpha value is -3.19. The van der Waals surface area contributed by atoms with E-state index in [2.05, 4.69) is 64.3 Å². The van der Waals surface area contributed by atoms with E-state index >= 15 is 0 Å². The van der Waals surface area contributed by atoms with Crippen LogP contribution in [0.4, 0.5) is 10.6 Å². The Morgan fingerprint density at radius 2 is 1.65 bits per heavy atom. The molecule has 1 N–H and O–H groups in total. The molecule has 2 aromatic carbocycles. The van der Waals surface area contributed by atoms with Gasteiger partial charge in [0.05, 0.1) is 17.2 Å². The van der Waals surface area contributed by atoms with Crippen molar-refractivity contribution in [2.24, 2.45) is 0 Å². The molecule has 0 bridgehead atoms. The van der Waals surface area contributed by atoms with Crippen LogP contribution in [0.1, 0.15) is 32.3 Å². The summed E-state index contributed by atoms with van der Waals surface area (Å²) in [6.07, 6.45) is 3.84. The molecule has 2 fully saturated rings. The van der Waals surface area contributed by atoms with Crippen molar-refractivity contribution in [3.05, 3.63) is 66.4 Å². The number of nitrogens with zero attached hydrogens (tertiary/aromatic N) is 5. The summed E-state index contributed by atoms with van der Waals surface area (Å²) in [6.45, 7) is 8.71. The minimum atomic E-state index is 0.0603. The third-order valence-electron chi connectivity index (χ3n) is 7.14. The zero-order valence-electron chi connectivity index (χ0n) is 20.1. The van der Waals surface area contributed by atoms with Gasteiger partial charge < -0.3 is 15.1 Å². The Bertz CT molecular complexity index is 1110. The van der Waals surface area contributed by atoms with Gasteiger partial charge in [-0.15, -0.1) is 0 Å². The average molecular weight is 459 g/mol. The van der Waals surface area contributed by atoms with Crippen molar-refractivity contribution < 1.29 is 4.79 Å². The summed E-state index contributed by atoms with van der Waals surface area (Å²) in [6, 6.07) is 19.1. The third-order valence-corrected chi connectivity index (χ3v) is 7.14. The summed E-state index contributed by atoms with van der Waals surface area (Å²) in [5.41, 5.74) is 3.15. The SMILES string of the molecule is C[C@@H]1CN(c2cnc3ccccc3n2)[C@@H](C)CN1C(=O)NC1CCN(Cc2ccccc2)CC1. The van der Waals surface area contributed by atoms with Crippen LogP contribution in [0.25, 0.3) is 11.0 Å². The fourth-order valence-corrected chi connectivity index (χ4v) is 5.15. The van der Waals surface area contributed by atoms with Crippen LogP contribution < -0.4 is 10.2 Å². The molecule has 2 atom stereocenters. The molecule has 0 saturated carbocycles. The minimum absolute atomic E-state index is 0.0603. The number of aromatic nitrogens is 2. The molecule has 178 valence electrons. The first-order valence-electron chi connectivity index (χ1n) is 12.4. The number of nitrogens with one attached hydrogen (secondary N) is 1. The fraction of sp³-hybridized carbons (Fsp3) is 0.444. The molecule has 0 radical (unpaired) electrons. The molecule has 2 saturated heterocycles. The zero-order chi connectivity index (χ0) is 23.5. The number of fused-ring (bicyclic) bond motifs is 1. The maximum absolute atomic E-state index is 13.2. The lowest BCUT2D eigenvalue weighted by Gasteiger charge is -2.45. The summed E-state index contributed by atoms with van der Waals surface area (Å²) >= 11 is 0. The molecule has 5 rings (SSSR count). The fourth-order valence-electron chi connectivity index (χ4n) is 5.15. The number of rotatable bonds is 4. The van der Waals surface area contributed by atoms with E-state index in [1.54, 1.807) is 0 Å². The monoisotopic (exact) mass is 458 g/mol. The van der Waals surface area contributed by atoms with Gasteiger partial charge in [0.25, 0.3) is 0 Å². The number of amides is 2. The lowest BCUT2D eigenvalue weighted by Crippen LogP contribution is -2.61. The van der Waals surface area contributed by atoms with Gasteiger partial charge in [-0.2, -0.15) is 0 Å². The third kappa shape index (κ3) is 4.99.